The molecule has 2 rings (SSSR count). The molecule has 0 unspecified atom stereocenters. The molecule has 0 aliphatic rings. The van der Waals surface area contributed by atoms with E-state index in [2.05, 4.69) is 43.4 Å². The smallest absolute Gasteiger partial charge is 0.130 e. The molecule has 1 atom stereocenters. The molecule has 0 saturated heterocycles. The van der Waals surface area contributed by atoms with E-state index in [0.29, 0.717) is 6.42 Å². The number of Topliss-reactive ketones (excluding diaryl/α,β-unsaturated/α-hetero) is 1. The van der Waals surface area contributed by atoms with Gasteiger partial charge in [0.1, 0.15) is 5.78 Å². The molecule has 0 aliphatic carbocycles. The van der Waals surface area contributed by atoms with Gasteiger partial charge in [0.05, 0.1) is 8.07 Å². The molecule has 0 fully saturated rings. The molecule has 2 aromatic carbocycles. The van der Waals surface area contributed by atoms with Gasteiger partial charge in [-0.25, -0.2) is 0 Å². The Morgan fingerprint density at radius 2 is 1.76 bits per heavy atom. The second kappa shape index (κ2) is 6.59. The maximum Gasteiger partial charge on any atom is 0.130 e. The van der Waals surface area contributed by atoms with Crippen molar-refractivity contribution in [1.82, 2.24) is 0 Å². The minimum atomic E-state index is -1.81. The molecule has 0 N–H and O–H groups in total. The predicted octanol–water partition coefficient (Wildman–Crippen LogP) is 4.56. The zero-order valence-corrected chi connectivity index (χ0v) is 14.5. The lowest BCUT2D eigenvalue weighted by Crippen LogP contribution is -2.48. The summed E-state index contributed by atoms with van der Waals surface area (Å²) in [6.45, 7) is 6.33. The number of benzene rings is 2. The molecule has 3 heteroatoms. The molecule has 0 amide bonds. The maximum absolute atomic E-state index is 11.8. The van der Waals surface area contributed by atoms with E-state index in [0.717, 1.165) is 5.02 Å². The van der Waals surface area contributed by atoms with Gasteiger partial charge in [-0.1, -0.05) is 72.3 Å². The molecular weight excluding hydrogens is 296 g/mol. The van der Waals surface area contributed by atoms with Crippen molar-refractivity contribution in [2.24, 2.45) is 0 Å². The summed E-state index contributed by atoms with van der Waals surface area (Å²) in [6.07, 6.45) is 0.578. The molecular formula is C18H21ClOSi. The van der Waals surface area contributed by atoms with E-state index in [1.165, 1.54) is 10.8 Å². The molecule has 0 spiro atoms. The minimum absolute atomic E-state index is 0.233. The lowest BCUT2D eigenvalue weighted by Gasteiger charge is -2.33. The normalized spacial score (nSPS) is 13.0. The average Bonchev–Trinajstić information content (AvgIpc) is 2.45. The van der Waals surface area contributed by atoms with Gasteiger partial charge in [-0.05, 0) is 30.2 Å². The van der Waals surface area contributed by atoms with Crippen molar-refractivity contribution in [3.05, 3.63) is 65.2 Å². The number of carbonyl (C=O) groups excluding carboxylic acids is 1. The topological polar surface area (TPSA) is 17.1 Å². The van der Waals surface area contributed by atoms with Gasteiger partial charge in [0.25, 0.3) is 0 Å². The minimum Gasteiger partial charge on any atom is -0.300 e. The predicted molar refractivity (Wildman–Crippen MR) is 93.0 cm³/mol. The summed E-state index contributed by atoms with van der Waals surface area (Å²) in [4.78, 5) is 11.8. The van der Waals surface area contributed by atoms with Crippen LogP contribution in [-0.2, 0) is 4.79 Å². The molecule has 110 valence electrons. The SMILES string of the molecule is CC(=O)C[C@@H](c1cccc(Cl)c1)[Si](C)(C)c1ccccc1. The Kier molecular flexibility index (Phi) is 5.02. The Morgan fingerprint density at radius 1 is 1.10 bits per heavy atom. The Labute approximate surface area is 133 Å². The van der Waals surface area contributed by atoms with Gasteiger partial charge < -0.3 is 4.79 Å². The highest BCUT2D eigenvalue weighted by molar-refractivity contribution is 6.91. The fourth-order valence-electron chi connectivity index (χ4n) is 2.87. The van der Waals surface area contributed by atoms with Gasteiger partial charge in [0, 0.05) is 11.4 Å². The fraction of sp³-hybridized carbons (Fsp3) is 0.278. The van der Waals surface area contributed by atoms with Crippen molar-refractivity contribution in [2.75, 3.05) is 0 Å². The van der Waals surface area contributed by atoms with Crippen molar-refractivity contribution in [2.45, 2.75) is 32.0 Å². The zero-order chi connectivity index (χ0) is 15.5. The van der Waals surface area contributed by atoms with Gasteiger partial charge in [-0.3, -0.25) is 0 Å². The molecule has 0 aliphatic heterocycles. The highest BCUT2D eigenvalue weighted by Crippen LogP contribution is 2.31. The number of halogens is 1. The third-order valence-corrected chi connectivity index (χ3v) is 8.47. The van der Waals surface area contributed by atoms with Crippen LogP contribution >= 0.6 is 11.6 Å². The first-order chi connectivity index (χ1) is 9.91. The van der Waals surface area contributed by atoms with Gasteiger partial charge in [0.15, 0.2) is 0 Å². The van der Waals surface area contributed by atoms with Gasteiger partial charge in [-0.15, -0.1) is 0 Å². The van der Waals surface area contributed by atoms with Gasteiger partial charge >= 0.3 is 0 Å². The molecule has 21 heavy (non-hydrogen) atoms. The van der Waals surface area contributed by atoms with Crippen LogP contribution in [0.1, 0.15) is 24.4 Å². The lowest BCUT2D eigenvalue weighted by molar-refractivity contribution is -0.117. The quantitative estimate of drug-likeness (QED) is 0.739. The van der Waals surface area contributed by atoms with Crippen LogP contribution < -0.4 is 5.19 Å². The van der Waals surface area contributed by atoms with Crippen LogP contribution in [0.4, 0.5) is 0 Å². The van der Waals surface area contributed by atoms with E-state index in [9.17, 15) is 4.79 Å². The van der Waals surface area contributed by atoms with E-state index in [1.54, 1.807) is 6.92 Å². The number of ketones is 1. The van der Waals surface area contributed by atoms with Crippen LogP contribution in [0, 0.1) is 0 Å². The van der Waals surface area contributed by atoms with Crippen LogP contribution in [0.25, 0.3) is 0 Å². The van der Waals surface area contributed by atoms with Crippen molar-refractivity contribution >= 4 is 30.6 Å². The van der Waals surface area contributed by atoms with Crippen molar-refractivity contribution in [3.63, 3.8) is 0 Å². The van der Waals surface area contributed by atoms with Crippen LogP contribution in [0.15, 0.2) is 54.6 Å². The van der Waals surface area contributed by atoms with E-state index in [-0.39, 0.29) is 11.3 Å². The van der Waals surface area contributed by atoms with Gasteiger partial charge in [-0.2, -0.15) is 0 Å². The Balaban J connectivity index is 2.47. The molecule has 0 heterocycles. The Hall–Kier alpha value is -1.38. The van der Waals surface area contributed by atoms with Gasteiger partial charge in [0.2, 0.25) is 0 Å². The van der Waals surface area contributed by atoms with E-state index in [1.807, 2.05) is 24.3 Å². The summed E-state index contributed by atoms with van der Waals surface area (Å²) in [7, 11) is -1.81. The molecule has 0 aromatic heterocycles. The summed E-state index contributed by atoms with van der Waals surface area (Å²) < 4.78 is 0. The third-order valence-electron chi connectivity index (χ3n) is 4.13. The van der Waals surface area contributed by atoms with Crippen molar-refractivity contribution < 1.29 is 4.79 Å². The monoisotopic (exact) mass is 316 g/mol. The third kappa shape index (κ3) is 3.83. The molecule has 0 saturated carbocycles. The van der Waals surface area contributed by atoms with Crippen molar-refractivity contribution in [3.8, 4) is 0 Å². The highest BCUT2D eigenvalue weighted by atomic mass is 35.5. The highest BCUT2D eigenvalue weighted by Gasteiger charge is 2.35. The first kappa shape index (κ1) is 16.0. The summed E-state index contributed by atoms with van der Waals surface area (Å²) in [5.74, 6) is 0.233. The largest absolute Gasteiger partial charge is 0.300 e. The maximum atomic E-state index is 11.8. The van der Waals surface area contributed by atoms with Crippen LogP contribution in [0.3, 0.4) is 0 Å². The fourth-order valence-corrected chi connectivity index (χ4v) is 6.33. The Bertz CT molecular complexity index is 622. The van der Waals surface area contributed by atoms with Crippen LogP contribution in [-0.4, -0.2) is 13.9 Å². The second-order valence-electron chi connectivity index (χ2n) is 6.10. The summed E-state index contributed by atoms with van der Waals surface area (Å²) in [5, 5.41) is 2.11. The first-order valence-electron chi connectivity index (χ1n) is 7.21. The molecule has 0 radical (unpaired) electrons. The van der Waals surface area contributed by atoms with Crippen LogP contribution in [0.2, 0.25) is 18.1 Å². The summed E-state index contributed by atoms with van der Waals surface area (Å²) >= 11 is 6.15. The number of hydrogen-bond acceptors (Lipinski definition) is 1. The number of carbonyl (C=O) groups is 1. The summed E-state index contributed by atoms with van der Waals surface area (Å²) in [5.41, 5.74) is 1.43. The average molecular weight is 317 g/mol. The second-order valence-corrected chi connectivity index (χ2v) is 11.3. The van der Waals surface area contributed by atoms with Crippen molar-refractivity contribution in [1.29, 1.82) is 0 Å². The van der Waals surface area contributed by atoms with Crippen LogP contribution in [0.5, 0.6) is 0 Å². The first-order valence-corrected chi connectivity index (χ1v) is 10.7. The van der Waals surface area contributed by atoms with E-state index < -0.39 is 8.07 Å². The van der Waals surface area contributed by atoms with E-state index >= 15 is 0 Å². The molecule has 0 bridgehead atoms. The lowest BCUT2D eigenvalue weighted by atomic mass is 10.1. The summed E-state index contributed by atoms with van der Waals surface area (Å²) in [6, 6.07) is 18.5. The Morgan fingerprint density at radius 3 is 2.33 bits per heavy atom. The molecule has 1 nitrogen and oxygen atoms in total. The molecule has 2 aromatic rings. The standard InChI is InChI=1S/C18H21ClOSi/c1-14(20)12-18(15-8-7-9-16(19)13-15)21(2,3)17-10-5-4-6-11-17/h4-11,13,18H,12H2,1-3H3/t18-/m0/s1. The number of hydrogen-bond donors (Lipinski definition) is 0. The number of rotatable bonds is 5. The van der Waals surface area contributed by atoms with E-state index in [4.69, 9.17) is 11.6 Å². The zero-order valence-electron chi connectivity index (χ0n) is 12.8.